The van der Waals surface area contributed by atoms with Crippen molar-refractivity contribution in [2.45, 2.75) is 90.6 Å². The van der Waals surface area contributed by atoms with E-state index in [4.69, 9.17) is 0 Å². The van der Waals surface area contributed by atoms with Gasteiger partial charge in [-0.25, -0.2) is 0 Å². The van der Waals surface area contributed by atoms with Gasteiger partial charge in [0.1, 0.15) is 0 Å². The van der Waals surface area contributed by atoms with Gasteiger partial charge in [0.15, 0.2) is 0 Å². The molecule has 1 rings (SSSR count). The van der Waals surface area contributed by atoms with Crippen molar-refractivity contribution in [3.8, 4) is 0 Å². The molecule has 1 nitrogen and oxygen atoms in total. The van der Waals surface area contributed by atoms with Crippen LogP contribution in [-0.4, -0.2) is 12.1 Å². The van der Waals surface area contributed by atoms with E-state index < -0.39 is 0 Å². The largest absolute Gasteiger partial charge is 0.311 e. The van der Waals surface area contributed by atoms with E-state index in [1.54, 1.807) is 0 Å². The van der Waals surface area contributed by atoms with Gasteiger partial charge in [0.2, 0.25) is 0 Å². The summed E-state index contributed by atoms with van der Waals surface area (Å²) in [6.45, 7) is 11.6. The Morgan fingerprint density at radius 3 is 2.24 bits per heavy atom. The molecule has 1 aromatic carbocycles. The molecule has 0 radical (unpaired) electrons. The fraction of sp³-hybridized carbons (Fsp3) is 0.700. The number of rotatable bonds is 10. The van der Waals surface area contributed by atoms with Crippen LogP contribution in [0.5, 0.6) is 0 Å². The SMILES string of the molecule is CCCCC(CCC)NC(C)CC(C)(C)c1ccccc1. The van der Waals surface area contributed by atoms with Crippen LogP contribution in [0.4, 0.5) is 0 Å². The molecule has 0 aliphatic rings. The molecule has 0 saturated carbocycles. The Kier molecular flexibility index (Phi) is 8.03. The van der Waals surface area contributed by atoms with Crippen LogP contribution >= 0.6 is 0 Å². The highest BCUT2D eigenvalue weighted by Crippen LogP contribution is 2.28. The lowest BCUT2D eigenvalue weighted by molar-refractivity contribution is 0.332. The molecule has 1 aromatic rings. The van der Waals surface area contributed by atoms with Crippen LogP contribution in [0.25, 0.3) is 0 Å². The van der Waals surface area contributed by atoms with E-state index in [1.165, 1.54) is 44.1 Å². The fourth-order valence-corrected chi connectivity index (χ4v) is 3.34. The summed E-state index contributed by atoms with van der Waals surface area (Å²) in [5, 5.41) is 3.88. The van der Waals surface area contributed by atoms with Gasteiger partial charge in [0.25, 0.3) is 0 Å². The molecule has 1 N–H and O–H groups in total. The van der Waals surface area contributed by atoms with E-state index >= 15 is 0 Å². The zero-order valence-corrected chi connectivity index (χ0v) is 14.8. The highest BCUT2D eigenvalue weighted by atomic mass is 14.9. The van der Waals surface area contributed by atoms with E-state index in [0.717, 1.165) is 0 Å². The summed E-state index contributed by atoms with van der Waals surface area (Å²) in [6.07, 6.45) is 7.72. The maximum atomic E-state index is 3.88. The molecule has 0 bridgehead atoms. The van der Waals surface area contributed by atoms with Crippen molar-refractivity contribution in [3.63, 3.8) is 0 Å². The molecule has 120 valence electrons. The predicted molar refractivity (Wildman–Crippen MR) is 94.9 cm³/mol. The van der Waals surface area contributed by atoms with E-state index in [2.05, 4.69) is 70.3 Å². The molecular formula is C20H35N. The van der Waals surface area contributed by atoms with Gasteiger partial charge in [0.05, 0.1) is 0 Å². The maximum Gasteiger partial charge on any atom is 0.00694 e. The van der Waals surface area contributed by atoms with E-state index in [1.807, 2.05) is 0 Å². The molecular weight excluding hydrogens is 254 g/mol. The third-order valence-corrected chi connectivity index (χ3v) is 4.44. The minimum absolute atomic E-state index is 0.231. The molecule has 2 atom stereocenters. The first-order valence-corrected chi connectivity index (χ1v) is 8.81. The molecule has 0 heterocycles. The van der Waals surface area contributed by atoms with Gasteiger partial charge < -0.3 is 5.32 Å². The second-order valence-corrected chi connectivity index (χ2v) is 7.15. The van der Waals surface area contributed by atoms with Crippen LogP contribution in [0.2, 0.25) is 0 Å². The lowest BCUT2D eigenvalue weighted by atomic mass is 9.79. The van der Waals surface area contributed by atoms with Gasteiger partial charge in [0, 0.05) is 12.1 Å². The maximum absolute atomic E-state index is 3.88. The summed E-state index contributed by atoms with van der Waals surface area (Å²) in [4.78, 5) is 0. The van der Waals surface area contributed by atoms with Crippen molar-refractivity contribution in [3.05, 3.63) is 35.9 Å². The Bertz CT molecular complexity index is 369. The average molecular weight is 290 g/mol. The summed E-state index contributed by atoms with van der Waals surface area (Å²) in [5.74, 6) is 0. The molecule has 0 spiro atoms. The second kappa shape index (κ2) is 9.25. The highest BCUT2D eigenvalue weighted by Gasteiger charge is 2.24. The molecule has 0 amide bonds. The van der Waals surface area contributed by atoms with Crippen molar-refractivity contribution in [2.75, 3.05) is 0 Å². The lowest BCUT2D eigenvalue weighted by Crippen LogP contribution is -2.40. The van der Waals surface area contributed by atoms with E-state index in [9.17, 15) is 0 Å². The number of hydrogen-bond donors (Lipinski definition) is 1. The van der Waals surface area contributed by atoms with Crippen molar-refractivity contribution >= 4 is 0 Å². The summed E-state index contributed by atoms with van der Waals surface area (Å²) in [6, 6.07) is 12.2. The van der Waals surface area contributed by atoms with Crippen molar-refractivity contribution in [1.29, 1.82) is 0 Å². The molecule has 1 heteroatoms. The second-order valence-electron chi connectivity index (χ2n) is 7.15. The van der Waals surface area contributed by atoms with Crippen LogP contribution in [0, 0.1) is 0 Å². The first-order valence-electron chi connectivity index (χ1n) is 8.81. The van der Waals surface area contributed by atoms with Gasteiger partial charge >= 0.3 is 0 Å². The highest BCUT2D eigenvalue weighted by molar-refractivity contribution is 5.23. The molecule has 21 heavy (non-hydrogen) atoms. The Hall–Kier alpha value is -0.820. The summed E-state index contributed by atoms with van der Waals surface area (Å²) < 4.78 is 0. The third kappa shape index (κ3) is 6.65. The Labute approximate surface area is 132 Å². The topological polar surface area (TPSA) is 12.0 Å². The number of hydrogen-bond acceptors (Lipinski definition) is 1. The first-order chi connectivity index (χ1) is 9.99. The number of unbranched alkanes of at least 4 members (excludes halogenated alkanes) is 1. The predicted octanol–water partition coefficient (Wildman–Crippen LogP) is 5.69. The van der Waals surface area contributed by atoms with E-state index in [-0.39, 0.29) is 5.41 Å². The van der Waals surface area contributed by atoms with Crippen LogP contribution in [0.3, 0.4) is 0 Å². The van der Waals surface area contributed by atoms with Crippen molar-refractivity contribution < 1.29 is 0 Å². The lowest BCUT2D eigenvalue weighted by Gasteiger charge is -2.31. The molecule has 0 saturated heterocycles. The van der Waals surface area contributed by atoms with Gasteiger partial charge in [-0.15, -0.1) is 0 Å². The summed E-state index contributed by atoms with van der Waals surface area (Å²) in [5.41, 5.74) is 1.68. The smallest absolute Gasteiger partial charge is 0.00694 e. The fourth-order valence-electron chi connectivity index (χ4n) is 3.34. The average Bonchev–Trinajstić information content (AvgIpc) is 2.45. The molecule has 0 aliphatic heterocycles. The van der Waals surface area contributed by atoms with E-state index in [0.29, 0.717) is 12.1 Å². The Balaban J connectivity index is 2.55. The van der Waals surface area contributed by atoms with Gasteiger partial charge in [-0.05, 0) is 37.2 Å². The zero-order valence-electron chi connectivity index (χ0n) is 14.8. The third-order valence-electron chi connectivity index (χ3n) is 4.44. The van der Waals surface area contributed by atoms with Gasteiger partial charge in [-0.3, -0.25) is 0 Å². The molecule has 0 fully saturated rings. The summed E-state index contributed by atoms with van der Waals surface area (Å²) >= 11 is 0. The van der Waals surface area contributed by atoms with Crippen molar-refractivity contribution in [1.82, 2.24) is 5.32 Å². The first kappa shape index (κ1) is 18.2. The monoisotopic (exact) mass is 289 g/mol. The van der Waals surface area contributed by atoms with Crippen LogP contribution in [0.1, 0.15) is 78.7 Å². The number of benzene rings is 1. The minimum Gasteiger partial charge on any atom is -0.311 e. The molecule has 2 unspecified atom stereocenters. The number of nitrogens with one attached hydrogen (secondary N) is 1. The zero-order chi connectivity index (χ0) is 15.7. The Morgan fingerprint density at radius 2 is 1.67 bits per heavy atom. The molecule has 0 aliphatic carbocycles. The Morgan fingerprint density at radius 1 is 1.00 bits per heavy atom. The summed E-state index contributed by atoms with van der Waals surface area (Å²) in [7, 11) is 0. The quantitative estimate of drug-likeness (QED) is 0.583. The van der Waals surface area contributed by atoms with Crippen LogP contribution in [-0.2, 0) is 5.41 Å². The molecule has 0 aromatic heterocycles. The van der Waals surface area contributed by atoms with Gasteiger partial charge in [-0.1, -0.05) is 77.3 Å². The van der Waals surface area contributed by atoms with Gasteiger partial charge in [-0.2, -0.15) is 0 Å². The normalized spacial score (nSPS) is 14.9. The van der Waals surface area contributed by atoms with Crippen LogP contribution < -0.4 is 5.32 Å². The van der Waals surface area contributed by atoms with Crippen molar-refractivity contribution in [2.24, 2.45) is 0 Å². The minimum atomic E-state index is 0.231. The standard InChI is InChI=1S/C20H35N/c1-6-8-15-19(12-7-2)21-17(3)16-20(4,5)18-13-10-9-11-14-18/h9-11,13-14,17,19,21H,6-8,12,15-16H2,1-5H3. The van der Waals surface area contributed by atoms with Crippen LogP contribution in [0.15, 0.2) is 30.3 Å².